The average Bonchev–Trinajstić information content (AvgIpc) is 3.32. The van der Waals surface area contributed by atoms with Crippen molar-refractivity contribution >= 4 is 46.2 Å². The number of carbonyl (C=O) groups is 2. The molecule has 3 N–H and O–H groups in total. The molecule has 1 amide bonds. The van der Waals surface area contributed by atoms with Crippen molar-refractivity contribution in [1.29, 1.82) is 0 Å². The molecule has 0 aliphatic rings. The van der Waals surface area contributed by atoms with Gasteiger partial charge >= 0.3 is 0 Å². The molecule has 3 heterocycles. The first-order valence-electron chi connectivity index (χ1n) is 9.58. The number of rotatable bonds is 8. The summed E-state index contributed by atoms with van der Waals surface area (Å²) >= 11 is 0. The molecule has 0 saturated heterocycles. The minimum absolute atomic E-state index is 0.0242. The van der Waals surface area contributed by atoms with E-state index in [1.807, 2.05) is 17.6 Å². The Morgan fingerprint density at radius 3 is 2.87 bits per heavy atom. The molecule has 31 heavy (non-hydrogen) atoms. The molecule has 4 aromatic rings. The summed E-state index contributed by atoms with van der Waals surface area (Å²) in [6, 6.07) is 7.07. The molecule has 0 saturated carbocycles. The van der Waals surface area contributed by atoms with Crippen molar-refractivity contribution in [3.05, 3.63) is 36.3 Å². The number of hydrogen-bond acceptors (Lipinski definition) is 7. The first kappa shape index (κ1) is 20.1. The van der Waals surface area contributed by atoms with Crippen LogP contribution in [0.2, 0.25) is 0 Å². The van der Waals surface area contributed by atoms with E-state index in [0.717, 1.165) is 5.52 Å². The van der Waals surface area contributed by atoms with Crippen LogP contribution in [0, 0.1) is 0 Å². The van der Waals surface area contributed by atoms with Crippen LogP contribution in [0.1, 0.15) is 12.7 Å². The van der Waals surface area contributed by atoms with Crippen LogP contribution in [0.4, 0.5) is 11.6 Å². The lowest BCUT2D eigenvalue weighted by molar-refractivity contribution is -0.674. The van der Waals surface area contributed by atoms with Crippen molar-refractivity contribution in [3.8, 4) is 5.75 Å². The summed E-state index contributed by atoms with van der Waals surface area (Å²) in [6.45, 7) is 2.10. The molecule has 0 bridgehead atoms. The number of amides is 1. The number of hydrogen-bond donors (Lipinski definition) is 2. The minimum atomic E-state index is -1.25. The van der Waals surface area contributed by atoms with Gasteiger partial charge in [-0.3, -0.25) is 9.69 Å². The van der Waals surface area contributed by atoms with E-state index in [9.17, 15) is 14.7 Å². The predicted molar refractivity (Wildman–Crippen MR) is 110 cm³/mol. The largest absolute Gasteiger partial charge is 0.546 e. The Labute approximate surface area is 176 Å². The zero-order valence-corrected chi connectivity index (χ0v) is 17.0. The highest BCUT2D eigenvalue weighted by atomic mass is 16.5. The molecule has 1 aromatic carbocycles. The number of aromatic amines is 1. The highest BCUT2D eigenvalue weighted by molar-refractivity contribution is 5.84. The highest BCUT2D eigenvalue weighted by Crippen LogP contribution is 2.25. The maximum Gasteiger partial charge on any atom is 0.278 e. The lowest BCUT2D eigenvalue weighted by atomic mass is 10.3. The van der Waals surface area contributed by atoms with Gasteiger partial charge in [-0.15, -0.1) is 0 Å². The Bertz CT molecular complexity index is 1290. The Morgan fingerprint density at radius 1 is 1.39 bits per heavy atom. The van der Waals surface area contributed by atoms with Gasteiger partial charge in [-0.2, -0.15) is 0 Å². The van der Waals surface area contributed by atoms with Gasteiger partial charge in [-0.1, -0.05) is 0 Å². The maximum absolute atomic E-state index is 12.0. The summed E-state index contributed by atoms with van der Waals surface area (Å²) in [4.78, 5) is 36.4. The normalized spacial score (nSPS) is 11.2. The smallest absolute Gasteiger partial charge is 0.278 e. The van der Waals surface area contributed by atoms with Gasteiger partial charge in [0.1, 0.15) is 24.4 Å². The number of anilines is 2. The molecule has 0 aliphatic heterocycles. The molecule has 160 valence electrons. The van der Waals surface area contributed by atoms with Gasteiger partial charge in [-0.05, 0) is 25.1 Å². The zero-order valence-electron chi connectivity index (χ0n) is 17.0. The molecule has 0 atom stereocenters. The number of aliphatic carboxylic acids is 1. The van der Waals surface area contributed by atoms with Crippen molar-refractivity contribution in [1.82, 2.24) is 19.5 Å². The first-order valence-corrected chi connectivity index (χ1v) is 9.58. The Morgan fingerprint density at radius 2 is 2.19 bits per heavy atom. The molecule has 0 spiro atoms. The summed E-state index contributed by atoms with van der Waals surface area (Å²) in [5, 5.41) is 11.5. The van der Waals surface area contributed by atoms with Gasteiger partial charge in [0.15, 0.2) is 28.3 Å². The number of aromatic nitrogens is 5. The maximum atomic E-state index is 12.0. The number of benzene rings is 1. The van der Waals surface area contributed by atoms with E-state index < -0.39 is 5.97 Å². The zero-order chi connectivity index (χ0) is 22.1. The van der Waals surface area contributed by atoms with Crippen molar-refractivity contribution in [2.24, 2.45) is 0 Å². The van der Waals surface area contributed by atoms with E-state index in [4.69, 9.17) is 10.5 Å². The van der Waals surface area contributed by atoms with Crippen LogP contribution in [0.25, 0.3) is 22.2 Å². The molecule has 0 radical (unpaired) electrons. The van der Waals surface area contributed by atoms with Crippen molar-refractivity contribution in [2.45, 2.75) is 26.6 Å². The minimum Gasteiger partial charge on any atom is -0.546 e. The third-order valence-corrected chi connectivity index (χ3v) is 5.09. The molecule has 4 rings (SSSR count). The van der Waals surface area contributed by atoms with Crippen LogP contribution in [-0.2, 0) is 29.2 Å². The lowest BCUT2D eigenvalue weighted by Gasteiger charge is -2.17. The summed E-state index contributed by atoms with van der Waals surface area (Å²) in [5.74, 6) is 0.217. The number of nitrogens with two attached hydrogens (primary N) is 1. The van der Waals surface area contributed by atoms with Crippen molar-refractivity contribution in [2.75, 3.05) is 17.7 Å². The molecular formula is C20H21N7O4. The molecule has 11 nitrogen and oxygen atoms in total. The van der Waals surface area contributed by atoms with Crippen LogP contribution >= 0.6 is 0 Å². The van der Waals surface area contributed by atoms with E-state index >= 15 is 0 Å². The Kier molecular flexibility index (Phi) is 5.15. The summed E-state index contributed by atoms with van der Waals surface area (Å²) in [5.41, 5.74) is 8.55. The summed E-state index contributed by atoms with van der Waals surface area (Å²) in [7, 11) is 1.56. The van der Waals surface area contributed by atoms with E-state index in [0.29, 0.717) is 41.2 Å². The topological polar surface area (TPSA) is 146 Å². The fourth-order valence-corrected chi connectivity index (χ4v) is 3.73. The number of ether oxygens (including phenoxy) is 1. The fraction of sp³-hybridized carbons (Fsp3) is 0.250. The van der Waals surface area contributed by atoms with Crippen molar-refractivity contribution < 1.29 is 24.0 Å². The highest BCUT2D eigenvalue weighted by Gasteiger charge is 2.28. The second-order valence-corrected chi connectivity index (χ2v) is 6.85. The number of H-pyrrole nitrogens is 1. The molecule has 11 heteroatoms. The molecule has 0 aliphatic carbocycles. The van der Waals surface area contributed by atoms with Crippen LogP contribution in [0.5, 0.6) is 5.75 Å². The number of imidazole rings is 1. The number of nitrogens with zero attached hydrogens (tertiary/aromatic N) is 5. The average molecular weight is 423 g/mol. The first-order chi connectivity index (χ1) is 15.0. The monoisotopic (exact) mass is 423 g/mol. The van der Waals surface area contributed by atoms with Crippen LogP contribution in [-0.4, -0.2) is 39.0 Å². The summed E-state index contributed by atoms with van der Waals surface area (Å²) < 4.78 is 8.83. The van der Waals surface area contributed by atoms with E-state index in [1.165, 1.54) is 4.90 Å². The number of carboxylic acid groups (broad SMARTS) is 1. The van der Waals surface area contributed by atoms with Gasteiger partial charge < -0.3 is 25.4 Å². The number of carbonyl (C=O) groups excluding carboxylic acids is 2. The molecule has 0 unspecified atom stereocenters. The lowest BCUT2D eigenvalue weighted by Crippen LogP contribution is -2.48. The van der Waals surface area contributed by atoms with Crippen LogP contribution in [0.3, 0.4) is 0 Å². The van der Waals surface area contributed by atoms with Gasteiger partial charge in [0.05, 0.1) is 19.6 Å². The second-order valence-electron chi connectivity index (χ2n) is 6.85. The number of aryl methyl sites for hydroxylation is 1. The SMILES string of the molecule is CCn1c(CN(C=O)c2nc3cc[nH]c3nc2N)[n+](CC(=O)[O-])c2ccc(OC)cc21. The van der Waals surface area contributed by atoms with Gasteiger partial charge in [-0.25, -0.2) is 19.1 Å². The fourth-order valence-electron chi connectivity index (χ4n) is 3.73. The number of fused-ring (bicyclic) bond motifs is 2. The van der Waals surface area contributed by atoms with Gasteiger partial charge in [0, 0.05) is 12.3 Å². The standard InChI is InChI=1S/C20H21N7O4/c1-3-26-15-8-12(31-2)4-5-14(15)27(10-17(29)30)16(26)9-25(11-28)20-18(21)24-19-13(23-20)6-7-22-19/h4-8,11H,3,9-10H2,1-2H3,(H3-,21,22,23,24,29,30). The number of nitrogen functional groups attached to an aromatic ring is 1. The second kappa shape index (κ2) is 7.94. The number of carboxylic acids is 1. The Balaban J connectivity index is 1.87. The van der Waals surface area contributed by atoms with Gasteiger partial charge in [0.2, 0.25) is 6.41 Å². The molecular weight excluding hydrogens is 402 g/mol. The number of nitrogens with one attached hydrogen (secondary N) is 1. The van der Waals surface area contributed by atoms with E-state index in [-0.39, 0.29) is 24.7 Å². The summed E-state index contributed by atoms with van der Waals surface area (Å²) in [6.07, 6.45) is 2.27. The van der Waals surface area contributed by atoms with E-state index in [2.05, 4.69) is 15.0 Å². The van der Waals surface area contributed by atoms with Crippen LogP contribution < -0.4 is 25.0 Å². The van der Waals surface area contributed by atoms with Crippen LogP contribution in [0.15, 0.2) is 30.5 Å². The molecule has 0 fully saturated rings. The quantitative estimate of drug-likeness (QED) is 0.293. The molecule has 3 aromatic heterocycles. The van der Waals surface area contributed by atoms with Gasteiger partial charge in [0.25, 0.3) is 5.82 Å². The third kappa shape index (κ3) is 3.50. The Hall–Kier alpha value is -4.15. The third-order valence-electron chi connectivity index (χ3n) is 5.09. The predicted octanol–water partition coefficient (Wildman–Crippen LogP) is -0.276. The van der Waals surface area contributed by atoms with Crippen molar-refractivity contribution in [3.63, 3.8) is 0 Å². The number of methoxy groups -OCH3 is 1. The van der Waals surface area contributed by atoms with E-state index in [1.54, 1.807) is 36.1 Å².